The molecule has 1 aromatic carbocycles. The fraction of sp³-hybridized carbons (Fsp3) is 0.520. The van der Waals surface area contributed by atoms with E-state index in [-0.39, 0.29) is 17.9 Å². The van der Waals surface area contributed by atoms with E-state index in [9.17, 15) is 9.59 Å². The maximum atomic E-state index is 13.0. The van der Waals surface area contributed by atoms with Crippen molar-refractivity contribution in [1.29, 1.82) is 0 Å². The van der Waals surface area contributed by atoms with Gasteiger partial charge in [-0.2, -0.15) is 0 Å². The highest BCUT2D eigenvalue weighted by atomic mass is 16.6. The number of amides is 2. The van der Waals surface area contributed by atoms with Crippen LogP contribution < -0.4 is 5.32 Å². The number of carbonyl (C=O) groups is 2. The first-order valence-corrected chi connectivity index (χ1v) is 11.2. The summed E-state index contributed by atoms with van der Waals surface area (Å²) in [5.74, 6) is 0.562. The zero-order valence-electron chi connectivity index (χ0n) is 20.0. The molecule has 32 heavy (non-hydrogen) atoms. The van der Waals surface area contributed by atoms with Gasteiger partial charge in [-0.3, -0.25) is 4.79 Å². The molecule has 0 unspecified atom stereocenters. The normalized spacial score (nSPS) is 14.9. The van der Waals surface area contributed by atoms with E-state index in [4.69, 9.17) is 4.74 Å². The van der Waals surface area contributed by atoms with Crippen molar-refractivity contribution in [2.24, 2.45) is 0 Å². The fourth-order valence-corrected chi connectivity index (χ4v) is 4.08. The zero-order valence-corrected chi connectivity index (χ0v) is 20.0. The van der Waals surface area contributed by atoms with Crippen molar-refractivity contribution in [3.63, 3.8) is 0 Å². The summed E-state index contributed by atoms with van der Waals surface area (Å²) in [7, 11) is 0. The van der Waals surface area contributed by atoms with E-state index in [1.54, 1.807) is 11.1 Å². The van der Waals surface area contributed by atoms with Crippen LogP contribution in [0.5, 0.6) is 0 Å². The molecule has 3 rings (SSSR count). The van der Waals surface area contributed by atoms with Crippen LogP contribution in [-0.2, 0) is 11.3 Å². The van der Waals surface area contributed by atoms with Crippen LogP contribution in [0.15, 0.2) is 24.4 Å². The minimum absolute atomic E-state index is 0.0948. The van der Waals surface area contributed by atoms with E-state index in [0.717, 1.165) is 24.1 Å². The molecule has 0 saturated carbocycles. The van der Waals surface area contributed by atoms with Gasteiger partial charge in [0, 0.05) is 31.7 Å². The Morgan fingerprint density at radius 3 is 2.31 bits per heavy atom. The van der Waals surface area contributed by atoms with Gasteiger partial charge in [0.05, 0.1) is 11.3 Å². The summed E-state index contributed by atoms with van der Waals surface area (Å²) in [6, 6.07) is 6.26. The highest BCUT2D eigenvalue weighted by molar-refractivity contribution is 5.95. The number of nitrogens with one attached hydrogen (secondary N) is 1. The van der Waals surface area contributed by atoms with Crippen LogP contribution >= 0.6 is 0 Å². The molecule has 1 fully saturated rings. The summed E-state index contributed by atoms with van der Waals surface area (Å²) < 4.78 is 5.49. The van der Waals surface area contributed by atoms with Crippen LogP contribution in [0.4, 0.5) is 4.79 Å². The standard InChI is InChI=1S/C25H34N4O3/c1-16-11-17(2)13-19(12-16)14-27-23(30)21-15-26-18(3)28-22(21)20-7-9-29(10-8-20)24(31)32-25(4,5)6/h11-13,15,20H,7-10,14H2,1-6H3,(H,27,30). The van der Waals surface area contributed by atoms with Gasteiger partial charge in [-0.05, 0) is 59.9 Å². The van der Waals surface area contributed by atoms with Crippen LogP contribution in [0.2, 0.25) is 0 Å². The second kappa shape index (κ2) is 9.67. The predicted octanol–water partition coefficient (Wildman–Crippen LogP) is 4.45. The Labute approximate surface area is 190 Å². The van der Waals surface area contributed by atoms with Gasteiger partial charge >= 0.3 is 6.09 Å². The van der Waals surface area contributed by atoms with E-state index in [2.05, 4.69) is 33.5 Å². The number of hydrogen-bond donors (Lipinski definition) is 1. The van der Waals surface area contributed by atoms with E-state index in [1.807, 2.05) is 41.5 Å². The lowest BCUT2D eigenvalue weighted by Gasteiger charge is -2.33. The molecule has 1 saturated heterocycles. The van der Waals surface area contributed by atoms with E-state index in [1.165, 1.54) is 11.1 Å². The van der Waals surface area contributed by atoms with E-state index in [0.29, 0.717) is 31.0 Å². The summed E-state index contributed by atoms with van der Waals surface area (Å²) in [6.07, 6.45) is 2.79. The van der Waals surface area contributed by atoms with Gasteiger partial charge in [0.15, 0.2) is 0 Å². The van der Waals surface area contributed by atoms with E-state index < -0.39 is 5.60 Å². The van der Waals surface area contributed by atoms with Gasteiger partial charge in [0.1, 0.15) is 11.4 Å². The molecule has 2 aromatic rings. The summed E-state index contributed by atoms with van der Waals surface area (Å²) in [4.78, 5) is 36.0. The summed E-state index contributed by atoms with van der Waals surface area (Å²) >= 11 is 0. The summed E-state index contributed by atoms with van der Waals surface area (Å²) in [6.45, 7) is 13.1. The van der Waals surface area contributed by atoms with Gasteiger partial charge in [-0.1, -0.05) is 29.3 Å². The highest BCUT2D eigenvalue weighted by Crippen LogP contribution is 2.30. The summed E-state index contributed by atoms with van der Waals surface area (Å²) in [5, 5.41) is 3.02. The molecule has 1 N–H and O–H groups in total. The van der Waals surface area contributed by atoms with Crippen LogP contribution in [-0.4, -0.2) is 45.6 Å². The summed E-state index contributed by atoms with van der Waals surface area (Å²) in [5.41, 5.74) is 4.17. The number of aromatic nitrogens is 2. The highest BCUT2D eigenvalue weighted by Gasteiger charge is 2.30. The molecule has 7 nitrogen and oxygen atoms in total. The average Bonchev–Trinajstić information content (AvgIpc) is 2.70. The molecule has 2 amide bonds. The SMILES string of the molecule is Cc1cc(C)cc(CNC(=O)c2cnc(C)nc2C2CCN(C(=O)OC(C)(C)C)CC2)c1. The van der Waals surface area contributed by atoms with Crippen molar-refractivity contribution in [3.05, 3.63) is 58.2 Å². The van der Waals surface area contributed by atoms with Crippen molar-refractivity contribution >= 4 is 12.0 Å². The minimum atomic E-state index is -0.515. The molecule has 1 aromatic heterocycles. The second-order valence-corrected chi connectivity index (χ2v) is 9.64. The van der Waals surface area contributed by atoms with Crippen LogP contribution in [0.3, 0.4) is 0 Å². The third-order valence-electron chi connectivity index (χ3n) is 5.45. The Bertz CT molecular complexity index is 969. The number of carbonyl (C=O) groups excluding carboxylic acids is 2. The Balaban J connectivity index is 1.68. The first kappa shape index (κ1) is 23.7. The van der Waals surface area contributed by atoms with Crippen LogP contribution in [0.1, 0.15) is 78.1 Å². The van der Waals surface area contributed by atoms with Gasteiger partial charge in [0.2, 0.25) is 0 Å². The van der Waals surface area contributed by atoms with Crippen molar-refractivity contribution in [2.75, 3.05) is 13.1 Å². The van der Waals surface area contributed by atoms with Gasteiger partial charge in [-0.15, -0.1) is 0 Å². The molecular weight excluding hydrogens is 404 g/mol. The largest absolute Gasteiger partial charge is 0.444 e. The molecule has 1 aliphatic rings. The van der Waals surface area contributed by atoms with Gasteiger partial charge < -0.3 is 15.0 Å². The Kier molecular flexibility index (Phi) is 7.16. The second-order valence-electron chi connectivity index (χ2n) is 9.64. The fourth-order valence-electron chi connectivity index (χ4n) is 4.08. The monoisotopic (exact) mass is 438 g/mol. The Morgan fingerprint density at radius 2 is 1.72 bits per heavy atom. The number of nitrogens with zero attached hydrogens (tertiary/aromatic N) is 3. The molecule has 7 heteroatoms. The lowest BCUT2D eigenvalue weighted by atomic mass is 9.90. The smallest absolute Gasteiger partial charge is 0.410 e. The zero-order chi connectivity index (χ0) is 23.5. The first-order valence-electron chi connectivity index (χ1n) is 11.2. The number of ether oxygens (including phenoxy) is 1. The number of likely N-dealkylation sites (tertiary alicyclic amines) is 1. The molecule has 172 valence electrons. The molecular formula is C25H34N4O3. The lowest BCUT2D eigenvalue weighted by Crippen LogP contribution is -2.41. The molecule has 2 heterocycles. The van der Waals surface area contributed by atoms with Gasteiger partial charge in [0.25, 0.3) is 5.91 Å². The quantitative estimate of drug-likeness (QED) is 0.763. The number of rotatable bonds is 4. The molecule has 0 aliphatic carbocycles. The van der Waals surface area contributed by atoms with Crippen LogP contribution in [0.25, 0.3) is 0 Å². The van der Waals surface area contributed by atoms with Crippen molar-refractivity contribution in [3.8, 4) is 0 Å². The number of piperidine rings is 1. The third-order valence-corrected chi connectivity index (χ3v) is 5.45. The number of benzene rings is 1. The van der Waals surface area contributed by atoms with Crippen molar-refractivity contribution in [2.45, 2.75) is 72.4 Å². The third kappa shape index (κ3) is 6.28. The Morgan fingerprint density at radius 1 is 1.09 bits per heavy atom. The van der Waals surface area contributed by atoms with Crippen molar-refractivity contribution < 1.29 is 14.3 Å². The maximum absolute atomic E-state index is 13.0. The Hall–Kier alpha value is -2.96. The van der Waals surface area contributed by atoms with Gasteiger partial charge in [-0.25, -0.2) is 14.8 Å². The molecule has 0 radical (unpaired) electrons. The molecule has 0 bridgehead atoms. The van der Waals surface area contributed by atoms with Crippen LogP contribution in [0, 0.1) is 20.8 Å². The molecule has 1 aliphatic heterocycles. The molecule has 0 spiro atoms. The minimum Gasteiger partial charge on any atom is -0.444 e. The van der Waals surface area contributed by atoms with E-state index >= 15 is 0 Å². The topological polar surface area (TPSA) is 84.4 Å². The maximum Gasteiger partial charge on any atom is 0.410 e. The number of hydrogen-bond acceptors (Lipinski definition) is 5. The first-order chi connectivity index (χ1) is 15.0. The number of aryl methyl sites for hydroxylation is 3. The predicted molar refractivity (Wildman–Crippen MR) is 124 cm³/mol. The van der Waals surface area contributed by atoms with Crippen molar-refractivity contribution in [1.82, 2.24) is 20.2 Å². The molecule has 0 atom stereocenters. The average molecular weight is 439 g/mol. The lowest BCUT2D eigenvalue weighted by molar-refractivity contribution is 0.0203.